The SMILES string of the molecule is CSC(C)C[NH]. The molecule has 0 aromatic rings. The Labute approximate surface area is 43.3 Å². The first-order chi connectivity index (χ1) is 2.81. The highest BCUT2D eigenvalue weighted by Crippen LogP contribution is 2.00. The molecule has 0 fully saturated rings. The average Bonchev–Trinajstić information content (AvgIpc) is 1.65. The Morgan fingerprint density at radius 1 is 1.83 bits per heavy atom. The van der Waals surface area contributed by atoms with Gasteiger partial charge in [-0.3, -0.25) is 5.73 Å². The molecule has 0 aromatic carbocycles. The van der Waals surface area contributed by atoms with Crippen LogP contribution < -0.4 is 5.73 Å². The molecule has 0 aromatic heterocycles. The van der Waals surface area contributed by atoms with Crippen molar-refractivity contribution < 1.29 is 0 Å². The molecule has 1 atom stereocenters. The third-order valence-electron chi connectivity index (χ3n) is 0.690. The van der Waals surface area contributed by atoms with Crippen LogP contribution in [0.1, 0.15) is 6.92 Å². The van der Waals surface area contributed by atoms with Crippen LogP contribution in [0.5, 0.6) is 0 Å². The first-order valence-corrected chi connectivity index (χ1v) is 3.27. The highest BCUT2D eigenvalue weighted by molar-refractivity contribution is 7.99. The Morgan fingerprint density at radius 2 is 2.33 bits per heavy atom. The van der Waals surface area contributed by atoms with Crippen LogP contribution in [0.15, 0.2) is 0 Å². The normalized spacial score (nSPS) is 14.5. The van der Waals surface area contributed by atoms with Crippen molar-refractivity contribution in [1.29, 1.82) is 0 Å². The van der Waals surface area contributed by atoms with Crippen molar-refractivity contribution in [3.05, 3.63) is 0 Å². The zero-order valence-electron chi connectivity index (χ0n) is 4.19. The van der Waals surface area contributed by atoms with Crippen LogP contribution in [-0.4, -0.2) is 18.1 Å². The molecule has 0 aliphatic heterocycles. The van der Waals surface area contributed by atoms with Crippen LogP contribution in [-0.2, 0) is 0 Å². The summed E-state index contributed by atoms with van der Waals surface area (Å²) in [6, 6.07) is 0. The van der Waals surface area contributed by atoms with E-state index in [1.54, 1.807) is 11.8 Å². The van der Waals surface area contributed by atoms with Crippen LogP contribution in [0.3, 0.4) is 0 Å². The number of nitrogens with one attached hydrogen (secondary N) is 1. The lowest BCUT2D eigenvalue weighted by molar-refractivity contribution is 0.929. The Morgan fingerprint density at radius 3 is 2.33 bits per heavy atom. The number of hydrogen-bond donors (Lipinski definition) is 0. The predicted octanol–water partition coefficient (Wildman–Crippen LogP) is 1.02. The Balaban J connectivity index is 2.75. The summed E-state index contributed by atoms with van der Waals surface area (Å²) in [6.07, 6.45) is 2.03. The number of hydrogen-bond acceptors (Lipinski definition) is 1. The Bertz CT molecular complexity index is 26.7. The zero-order valence-corrected chi connectivity index (χ0v) is 5.01. The van der Waals surface area contributed by atoms with Crippen LogP contribution >= 0.6 is 11.8 Å². The fourth-order valence-corrected chi connectivity index (χ4v) is 0.250. The van der Waals surface area contributed by atoms with Crippen LogP contribution in [0, 0.1) is 0 Å². The molecule has 6 heavy (non-hydrogen) atoms. The highest BCUT2D eigenvalue weighted by atomic mass is 32.2. The molecule has 37 valence electrons. The van der Waals surface area contributed by atoms with E-state index in [0.717, 1.165) is 0 Å². The smallest absolute Gasteiger partial charge is 0.0216 e. The lowest BCUT2D eigenvalue weighted by Gasteiger charge is -1.98. The van der Waals surface area contributed by atoms with E-state index >= 15 is 0 Å². The van der Waals surface area contributed by atoms with Gasteiger partial charge in [0.15, 0.2) is 0 Å². The largest absolute Gasteiger partial charge is 0.257 e. The third-order valence-corrected chi connectivity index (χ3v) is 1.66. The average molecular weight is 104 g/mol. The van der Waals surface area contributed by atoms with Gasteiger partial charge in [0.25, 0.3) is 0 Å². The summed E-state index contributed by atoms with van der Waals surface area (Å²) in [7, 11) is 0. The summed E-state index contributed by atoms with van der Waals surface area (Å²) in [6.45, 7) is 2.60. The van der Waals surface area contributed by atoms with Crippen LogP contribution in [0.2, 0.25) is 0 Å². The fourth-order valence-electron chi connectivity index (χ4n) is 0.0833. The quantitative estimate of drug-likeness (QED) is 0.513. The Hall–Kier alpha value is 0.310. The summed E-state index contributed by atoms with van der Waals surface area (Å²) in [4.78, 5) is 0. The van der Waals surface area contributed by atoms with Gasteiger partial charge in [-0.05, 0) is 6.26 Å². The fraction of sp³-hybridized carbons (Fsp3) is 1.00. The Kier molecular flexibility index (Phi) is 3.68. The van der Waals surface area contributed by atoms with E-state index in [2.05, 4.69) is 6.92 Å². The third kappa shape index (κ3) is 2.54. The van der Waals surface area contributed by atoms with Gasteiger partial charge in [0.2, 0.25) is 0 Å². The highest BCUT2D eigenvalue weighted by Gasteiger charge is 1.90. The summed E-state index contributed by atoms with van der Waals surface area (Å²) < 4.78 is 0. The van der Waals surface area contributed by atoms with E-state index in [1.165, 1.54) is 0 Å². The van der Waals surface area contributed by atoms with Crippen LogP contribution in [0.4, 0.5) is 0 Å². The van der Waals surface area contributed by atoms with Crippen molar-refractivity contribution in [1.82, 2.24) is 5.73 Å². The lowest BCUT2D eigenvalue weighted by atomic mass is 10.5. The van der Waals surface area contributed by atoms with E-state index in [4.69, 9.17) is 5.73 Å². The van der Waals surface area contributed by atoms with E-state index in [-0.39, 0.29) is 0 Å². The van der Waals surface area contributed by atoms with E-state index < -0.39 is 0 Å². The van der Waals surface area contributed by atoms with Gasteiger partial charge in [0.1, 0.15) is 0 Å². The summed E-state index contributed by atoms with van der Waals surface area (Å²) in [5.41, 5.74) is 6.79. The van der Waals surface area contributed by atoms with E-state index in [9.17, 15) is 0 Å². The molecule has 0 aliphatic rings. The molecule has 0 heterocycles. The van der Waals surface area contributed by atoms with Crippen molar-refractivity contribution in [3.8, 4) is 0 Å². The maximum atomic E-state index is 6.79. The van der Waals surface area contributed by atoms with Gasteiger partial charge in [-0.15, -0.1) is 0 Å². The molecular formula is C4H10NS. The van der Waals surface area contributed by atoms with Gasteiger partial charge in [-0.2, -0.15) is 11.8 Å². The molecule has 1 unspecified atom stereocenters. The molecule has 2 heteroatoms. The lowest BCUT2D eigenvalue weighted by Crippen LogP contribution is -2.01. The van der Waals surface area contributed by atoms with Gasteiger partial charge in [0, 0.05) is 11.8 Å². The standard InChI is InChI=1S/C4H10NS/c1-4(3-5)6-2/h4-5H,3H2,1-2H3. The molecule has 0 saturated heterocycles. The zero-order chi connectivity index (χ0) is 4.99. The molecule has 0 bridgehead atoms. The molecule has 1 nitrogen and oxygen atoms in total. The number of thioether (sulfide) groups is 1. The molecule has 1 radical (unpaired) electrons. The summed E-state index contributed by atoms with van der Waals surface area (Å²) in [5, 5.41) is 0.519. The van der Waals surface area contributed by atoms with Crippen molar-refractivity contribution in [2.45, 2.75) is 12.2 Å². The van der Waals surface area contributed by atoms with Crippen LogP contribution in [0.25, 0.3) is 0 Å². The molecular weight excluding hydrogens is 94.1 g/mol. The first-order valence-electron chi connectivity index (χ1n) is 1.98. The maximum absolute atomic E-state index is 6.79. The van der Waals surface area contributed by atoms with Crippen molar-refractivity contribution in [2.24, 2.45) is 0 Å². The van der Waals surface area contributed by atoms with Gasteiger partial charge < -0.3 is 0 Å². The van der Waals surface area contributed by atoms with Crippen molar-refractivity contribution >= 4 is 11.8 Å². The summed E-state index contributed by atoms with van der Waals surface area (Å²) in [5.74, 6) is 0. The van der Waals surface area contributed by atoms with E-state index in [1.807, 2.05) is 6.26 Å². The summed E-state index contributed by atoms with van der Waals surface area (Å²) >= 11 is 1.74. The first kappa shape index (κ1) is 6.31. The van der Waals surface area contributed by atoms with Crippen molar-refractivity contribution in [2.75, 3.05) is 12.8 Å². The minimum Gasteiger partial charge on any atom is -0.257 e. The molecule has 0 amide bonds. The van der Waals surface area contributed by atoms with Gasteiger partial charge >= 0.3 is 0 Å². The van der Waals surface area contributed by atoms with E-state index in [0.29, 0.717) is 11.8 Å². The molecule has 0 aliphatic carbocycles. The molecule has 1 N–H and O–H groups in total. The minimum absolute atomic E-state index is 0.519. The van der Waals surface area contributed by atoms with Gasteiger partial charge in [-0.1, -0.05) is 6.92 Å². The maximum Gasteiger partial charge on any atom is 0.0216 e. The van der Waals surface area contributed by atoms with Gasteiger partial charge in [0.05, 0.1) is 0 Å². The van der Waals surface area contributed by atoms with Crippen molar-refractivity contribution in [3.63, 3.8) is 0 Å². The molecule has 0 saturated carbocycles. The topological polar surface area (TPSA) is 23.8 Å². The molecule has 0 spiro atoms. The van der Waals surface area contributed by atoms with Gasteiger partial charge in [-0.25, -0.2) is 0 Å². The monoisotopic (exact) mass is 104 g/mol. The number of rotatable bonds is 2. The second kappa shape index (κ2) is 3.50. The predicted molar refractivity (Wildman–Crippen MR) is 30.9 cm³/mol. The second-order valence-corrected chi connectivity index (χ2v) is 2.53. The second-order valence-electron chi connectivity index (χ2n) is 1.25. The molecule has 0 rings (SSSR count). The minimum atomic E-state index is 0.519.